The summed E-state index contributed by atoms with van der Waals surface area (Å²) in [5.74, 6) is 1.73. The van der Waals surface area contributed by atoms with Gasteiger partial charge in [-0.25, -0.2) is 0 Å². The Labute approximate surface area is 147 Å². The summed E-state index contributed by atoms with van der Waals surface area (Å²) in [7, 11) is 0. The van der Waals surface area contributed by atoms with Gasteiger partial charge in [-0.2, -0.15) is 0 Å². The van der Waals surface area contributed by atoms with E-state index in [9.17, 15) is 4.79 Å². The van der Waals surface area contributed by atoms with Crippen molar-refractivity contribution in [3.05, 3.63) is 44.0 Å². The average Bonchev–Trinajstić information content (AvgIpc) is 2.74. The average molecular weight is 431 g/mol. The van der Waals surface area contributed by atoms with Crippen molar-refractivity contribution in [2.45, 2.75) is 38.8 Å². The maximum atomic E-state index is 12.2. The SMILES string of the molecule is O=C(NCc1nnc2n1CCCCC2)c1ccc(Cl)c(I)c1. The minimum atomic E-state index is -0.124. The highest BCUT2D eigenvalue weighted by Gasteiger charge is 2.15. The highest BCUT2D eigenvalue weighted by molar-refractivity contribution is 14.1. The molecule has 116 valence electrons. The number of rotatable bonds is 3. The lowest BCUT2D eigenvalue weighted by atomic mass is 10.2. The van der Waals surface area contributed by atoms with Crippen molar-refractivity contribution in [3.63, 3.8) is 0 Å². The summed E-state index contributed by atoms with van der Waals surface area (Å²) in [5.41, 5.74) is 0.601. The number of nitrogens with zero attached hydrogens (tertiary/aromatic N) is 3. The normalized spacial score (nSPS) is 14.3. The Morgan fingerprint density at radius 1 is 1.32 bits per heavy atom. The van der Waals surface area contributed by atoms with Gasteiger partial charge in [-0.15, -0.1) is 10.2 Å². The molecule has 1 N–H and O–H groups in total. The first kappa shape index (κ1) is 15.7. The molecule has 2 aromatic rings. The molecule has 1 aliphatic rings. The van der Waals surface area contributed by atoms with Gasteiger partial charge < -0.3 is 9.88 Å². The van der Waals surface area contributed by atoms with Crippen molar-refractivity contribution in [2.75, 3.05) is 0 Å². The van der Waals surface area contributed by atoms with E-state index in [1.54, 1.807) is 18.2 Å². The topological polar surface area (TPSA) is 59.8 Å². The van der Waals surface area contributed by atoms with Gasteiger partial charge in [0.1, 0.15) is 5.82 Å². The first-order valence-corrected chi connectivity index (χ1v) is 8.75. The third-order valence-corrected chi connectivity index (χ3v) is 5.32. The second-order valence-electron chi connectivity index (χ2n) is 5.31. The van der Waals surface area contributed by atoms with E-state index in [1.165, 1.54) is 6.42 Å². The van der Waals surface area contributed by atoms with Gasteiger partial charge in [-0.05, 0) is 53.6 Å². The number of carbonyl (C=O) groups is 1. The first-order valence-electron chi connectivity index (χ1n) is 7.29. The van der Waals surface area contributed by atoms with Crippen LogP contribution in [-0.2, 0) is 19.5 Å². The second-order valence-corrected chi connectivity index (χ2v) is 6.88. The van der Waals surface area contributed by atoms with Gasteiger partial charge in [-0.3, -0.25) is 4.79 Å². The number of amides is 1. The van der Waals surface area contributed by atoms with Gasteiger partial charge in [0.25, 0.3) is 5.91 Å². The number of fused-ring (bicyclic) bond motifs is 1. The van der Waals surface area contributed by atoms with Crippen LogP contribution in [0.15, 0.2) is 18.2 Å². The molecule has 0 saturated heterocycles. The molecule has 0 atom stereocenters. The number of benzene rings is 1. The molecule has 0 aliphatic carbocycles. The Morgan fingerprint density at radius 2 is 2.18 bits per heavy atom. The zero-order chi connectivity index (χ0) is 15.5. The summed E-state index contributed by atoms with van der Waals surface area (Å²) in [6.45, 7) is 1.33. The Balaban J connectivity index is 1.68. The number of carbonyl (C=O) groups excluding carboxylic acids is 1. The Morgan fingerprint density at radius 3 is 3.00 bits per heavy atom. The van der Waals surface area contributed by atoms with Gasteiger partial charge >= 0.3 is 0 Å². The zero-order valence-electron chi connectivity index (χ0n) is 12.0. The van der Waals surface area contributed by atoms with Gasteiger partial charge in [0.05, 0.1) is 11.6 Å². The fourth-order valence-electron chi connectivity index (χ4n) is 2.57. The van der Waals surface area contributed by atoms with Crippen molar-refractivity contribution in [2.24, 2.45) is 0 Å². The third kappa shape index (κ3) is 3.43. The molecule has 0 spiro atoms. The quantitative estimate of drug-likeness (QED) is 0.761. The molecule has 1 aromatic heterocycles. The molecule has 22 heavy (non-hydrogen) atoms. The summed E-state index contributed by atoms with van der Waals surface area (Å²) in [6.07, 6.45) is 4.49. The number of aryl methyl sites for hydroxylation is 1. The highest BCUT2D eigenvalue weighted by Crippen LogP contribution is 2.19. The van der Waals surface area contributed by atoms with Crippen molar-refractivity contribution in [1.29, 1.82) is 0 Å². The van der Waals surface area contributed by atoms with E-state index in [2.05, 4.69) is 42.7 Å². The Bertz CT molecular complexity index is 701. The fraction of sp³-hybridized carbons (Fsp3) is 0.400. The number of hydrogen-bond donors (Lipinski definition) is 1. The molecule has 0 bridgehead atoms. The first-order chi connectivity index (χ1) is 10.6. The van der Waals surface area contributed by atoms with Crippen LogP contribution in [0.3, 0.4) is 0 Å². The smallest absolute Gasteiger partial charge is 0.251 e. The van der Waals surface area contributed by atoms with Crippen molar-refractivity contribution >= 4 is 40.1 Å². The van der Waals surface area contributed by atoms with E-state index in [0.717, 1.165) is 41.0 Å². The van der Waals surface area contributed by atoms with Crippen molar-refractivity contribution in [3.8, 4) is 0 Å². The van der Waals surface area contributed by atoms with Crippen LogP contribution in [0.1, 0.15) is 41.3 Å². The standard InChI is InChI=1S/C15H16ClIN4O/c16-11-6-5-10(8-12(11)17)15(22)18-9-14-20-19-13-4-2-1-3-7-21(13)14/h5-6,8H,1-4,7,9H2,(H,18,22). The van der Waals surface area contributed by atoms with E-state index in [0.29, 0.717) is 17.1 Å². The van der Waals surface area contributed by atoms with E-state index in [4.69, 9.17) is 11.6 Å². The molecular formula is C15H16ClIN4O. The number of aromatic nitrogens is 3. The van der Waals surface area contributed by atoms with Crippen LogP contribution in [0.5, 0.6) is 0 Å². The van der Waals surface area contributed by atoms with E-state index in [1.807, 2.05) is 0 Å². The zero-order valence-corrected chi connectivity index (χ0v) is 14.9. The minimum absolute atomic E-state index is 0.124. The van der Waals surface area contributed by atoms with Crippen LogP contribution < -0.4 is 5.32 Å². The fourth-order valence-corrected chi connectivity index (χ4v) is 3.21. The third-order valence-electron chi connectivity index (χ3n) is 3.77. The highest BCUT2D eigenvalue weighted by atomic mass is 127. The van der Waals surface area contributed by atoms with E-state index < -0.39 is 0 Å². The lowest BCUT2D eigenvalue weighted by molar-refractivity contribution is 0.0949. The molecular weight excluding hydrogens is 415 g/mol. The minimum Gasteiger partial charge on any atom is -0.345 e. The summed E-state index contributed by atoms with van der Waals surface area (Å²) >= 11 is 8.09. The van der Waals surface area contributed by atoms with Gasteiger partial charge in [0.15, 0.2) is 5.82 Å². The molecule has 1 aliphatic heterocycles. The summed E-state index contributed by atoms with van der Waals surface area (Å²) in [6, 6.07) is 5.24. The summed E-state index contributed by atoms with van der Waals surface area (Å²) < 4.78 is 3.00. The monoisotopic (exact) mass is 430 g/mol. The second kappa shape index (κ2) is 6.95. The molecule has 0 radical (unpaired) electrons. The molecule has 7 heteroatoms. The van der Waals surface area contributed by atoms with Gasteiger partial charge in [0, 0.05) is 22.1 Å². The Hall–Kier alpha value is -1.15. The molecule has 3 rings (SSSR count). The number of nitrogens with one attached hydrogen (secondary N) is 1. The molecule has 2 heterocycles. The molecule has 5 nitrogen and oxygen atoms in total. The van der Waals surface area contributed by atoms with Crippen LogP contribution in [0.4, 0.5) is 0 Å². The van der Waals surface area contributed by atoms with E-state index >= 15 is 0 Å². The molecule has 0 unspecified atom stereocenters. The largest absolute Gasteiger partial charge is 0.345 e. The lowest BCUT2D eigenvalue weighted by Crippen LogP contribution is -2.25. The molecule has 0 saturated carbocycles. The van der Waals surface area contributed by atoms with Crippen LogP contribution >= 0.6 is 34.2 Å². The molecule has 1 amide bonds. The number of halogens is 2. The van der Waals surface area contributed by atoms with Crippen LogP contribution in [0.2, 0.25) is 5.02 Å². The predicted molar refractivity (Wildman–Crippen MR) is 92.9 cm³/mol. The van der Waals surface area contributed by atoms with E-state index in [-0.39, 0.29) is 5.91 Å². The predicted octanol–water partition coefficient (Wildman–Crippen LogP) is 3.19. The van der Waals surface area contributed by atoms with Gasteiger partial charge in [-0.1, -0.05) is 18.0 Å². The van der Waals surface area contributed by atoms with Crippen molar-refractivity contribution in [1.82, 2.24) is 20.1 Å². The summed E-state index contributed by atoms with van der Waals surface area (Å²) in [4.78, 5) is 12.2. The van der Waals surface area contributed by atoms with Crippen LogP contribution in [-0.4, -0.2) is 20.7 Å². The molecule has 0 fully saturated rings. The van der Waals surface area contributed by atoms with Crippen LogP contribution in [0, 0.1) is 3.57 Å². The van der Waals surface area contributed by atoms with Crippen molar-refractivity contribution < 1.29 is 4.79 Å². The maximum Gasteiger partial charge on any atom is 0.251 e. The Kier molecular flexibility index (Phi) is 4.97. The van der Waals surface area contributed by atoms with Crippen LogP contribution in [0.25, 0.3) is 0 Å². The number of hydrogen-bond acceptors (Lipinski definition) is 3. The summed E-state index contributed by atoms with van der Waals surface area (Å²) in [5, 5.41) is 12.0. The maximum absolute atomic E-state index is 12.2. The molecule has 1 aromatic carbocycles. The lowest BCUT2D eigenvalue weighted by Gasteiger charge is -2.08. The van der Waals surface area contributed by atoms with Gasteiger partial charge in [0.2, 0.25) is 0 Å².